The second-order valence-corrected chi connectivity index (χ2v) is 5.82. The molecule has 1 aliphatic carbocycles. The van der Waals surface area contributed by atoms with Gasteiger partial charge < -0.3 is 15.2 Å². The highest BCUT2D eigenvalue weighted by Gasteiger charge is 2.42. The Kier molecular flexibility index (Phi) is 4.65. The van der Waals surface area contributed by atoms with Gasteiger partial charge in [-0.25, -0.2) is 9.78 Å². The lowest BCUT2D eigenvalue weighted by Gasteiger charge is -2.37. The molecule has 1 heterocycles. The maximum absolute atomic E-state index is 11.8. The molecule has 116 valence electrons. The first-order chi connectivity index (χ1) is 9.95. The molecule has 6 nitrogen and oxygen atoms in total. The number of aliphatic carboxylic acids is 1. The Morgan fingerprint density at radius 2 is 2.33 bits per heavy atom. The molecular weight excluding hydrogens is 270 g/mol. The Morgan fingerprint density at radius 3 is 2.95 bits per heavy atom. The van der Waals surface area contributed by atoms with E-state index in [1.165, 1.54) is 0 Å². The van der Waals surface area contributed by atoms with Crippen molar-refractivity contribution in [3.63, 3.8) is 0 Å². The molecule has 1 saturated carbocycles. The molecule has 6 heteroatoms. The van der Waals surface area contributed by atoms with Crippen LogP contribution in [0.5, 0.6) is 5.88 Å². The Morgan fingerprint density at radius 1 is 1.57 bits per heavy atom. The third-order valence-electron chi connectivity index (χ3n) is 3.88. The number of aromatic nitrogens is 2. The number of carbonyl (C=O) groups is 1. The molecule has 0 aliphatic heterocycles. The summed E-state index contributed by atoms with van der Waals surface area (Å²) in [5, 5.41) is 12.7. The quantitative estimate of drug-likeness (QED) is 0.868. The van der Waals surface area contributed by atoms with Crippen molar-refractivity contribution >= 4 is 11.9 Å². The molecule has 2 atom stereocenters. The van der Waals surface area contributed by atoms with Crippen molar-refractivity contribution in [3.05, 3.63) is 11.8 Å². The number of anilines is 1. The third kappa shape index (κ3) is 3.62. The van der Waals surface area contributed by atoms with Gasteiger partial charge in [0.15, 0.2) is 0 Å². The fourth-order valence-corrected chi connectivity index (χ4v) is 2.94. The maximum Gasteiger partial charge on any atom is 0.329 e. The zero-order chi connectivity index (χ0) is 15.5. The molecule has 1 aromatic rings. The van der Waals surface area contributed by atoms with Crippen LogP contribution in [0.4, 0.5) is 5.95 Å². The number of rotatable bonds is 5. The van der Waals surface area contributed by atoms with Crippen molar-refractivity contribution in [2.75, 3.05) is 11.9 Å². The van der Waals surface area contributed by atoms with Crippen LogP contribution in [0.15, 0.2) is 6.07 Å². The largest absolute Gasteiger partial charge is 0.480 e. The van der Waals surface area contributed by atoms with E-state index in [1.807, 2.05) is 13.8 Å². The predicted molar refractivity (Wildman–Crippen MR) is 79.6 cm³/mol. The number of nitrogens with zero attached hydrogens (tertiary/aromatic N) is 2. The van der Waals surface area contributed by atoms with E-state index in [2.05, 4.69) is 22.2 Å². The number of hydrogen-bond donors (Lipinski definition) is 2. The predicted octanol–water partition coefficient (Wildman–Crippen LogP) is 2.63. The minimum Gasteiger partial charge on any atom is -0.480 e. The van der Waals surface area contributed by atoms with Crippen molar-refractivity contribution in [3.8, 4) is 5.88 Å². The molecule has 2 N–H and O–H groups in total. The summed E-state index contributed by atoms with van der Waals surface area (Å²) < 4.78 is 5.39. The van der Waals surface area contributed by atoms with Gasteiger partial charge in [-0.3, -0.25) is 0 Å². The number of nitrogens with one attached hydrogen (secondary N) is 1. The smallest absolute Gasteiger partial charge is 0.329 e. The summed E-state index contributed by atoms with van der Waals surface area (Å²) in [5.41, 5.74) is -0.227. The van der Waals surface area contributed by atoms with Crippen LogP contribution in [0.3, 0.4) is 0 Å². The van der Waals surface area contributed by atoms with Crippen molar-refractivity contribution in [1.29, 1.82) is 0 Å². The first-order valence-corrected chi connectivity index (χ1v) is 7.45. The van der Waals surface area contributed by atoms with Crippen molar-refractivity contribution in [2.45, 2.75) is 52.0 Å². The van der Waals surface area contributed by atoms with Gasteiger partial charge >= 0.3 is 5.97 Å². The SMILES string of the molecule is CCOc1cc(C)nc(NC2(C(=O)O)CCCC(C)C2)n1. The van der Waals surface area contributed by atoms with Crippen LogP contribution in [0.25, 0.3) is 0 Å². The summed E-state index contributed by atoms with van der Waals surface area (Å²) in [4.78, 5) is 20.3. The summed E-state index contributed by atoms with van der Waals surface area (Å²) in [6, 6.07) is 1.74. The number of carboxylic acids is 1. The fraction of sp³-hybridized carbons (Fsp3) is 0.667. The zero-order valence-corrected chi connectivity index (χ0v) is 12.8. The lowest BCUT2D eigenvalue weighted by atomic mass is 9.76. The maximum atomic E-state index is 11.8. The molecule has 21 heavy (non-hydrogen) atoms. The van der Waals surface area contributed by atoms with Gasteiger partial charge in [0.25, 0.3) is 0 Å². The molecule has 0 bridgehead atoms. The molecule has 2 rings (SSSR count). The van der Waals surface area contributed by atoms with Crippen LogP contribution in [0.2, 0.25) is 0 Å². The molecule has 0 saturated heterocycles. The van der Waals surface area contributed by atoms with Crippen LogP contribution < -0.4 is 10.1 Å². The highest BCUT2D eigenvalue weighted by Crippen LogP contribution is 2.35. The van der Waals surface area contributed by atoms with Crippen LogP contribution in [-0.2, 0) is 4.79 Å². The number of hydrogen-bond acceptors (Lipinski definition) is 5. The molecule has 0 aromatic carbocycles. The van der Waals surface area contributed by atoms with Gasteiger partial charge in [0.2, 0.25) is 11.8 Å². The van der Waals surface area contributed by atoms with Gasteiger partial charge in [-0.1, -0.05) is 19.8 Å². The summed E-state index contributed by atoms with van der Waals surface area (Å²) in [6.07, 6.45) is 3.14. The van der Waals surface area contributed by atoms with Crippen LogP contribution in [0, 0.1) is 12.8 Å². The third-order valence-corrected chi connectivity index (χ3v) is 3.88. The van der Waals surface area contributed by atoms with Crippen LogP contribution in [-0.4, -0.2) is 33.2 Å². The van der Waals surface area contributed by atoms with Crippen molar-refractivity contribution < 1.29 is 14.6 Å². The monoisotopic (exact) mass is 293 g/mol. The minimum absolute atomic E-state index is 0.329. The van der Waals surface area contributed by atoms with Gasteiger partial charge in [0, 0.05) is 11.8 Å². The zero-order valence-electron chi connectivity index (χ0n) is 12.8. The lowest BCUT2D eigenvalue weighted by Crippen LogP contribution is -2.50. The Labute approximate surface area is 124 Å². The fourth-order valence-electron chi connectivity index (χ4n) is 2.94. The van der Waals surface area contributed by atoms with Crippen molar-refractivity contribution in [2.24, 2.45) is 5.92 Å². The topological polar surface area (TPSA) is 84.3 Å². The molecule has 0 radical (unpaired) electrons. The van der Waals surface area contributed by atoms with Gasteiger partial charge in [-0.15, -0.1) is 0 Å². The summed E-state index contributed by atoms with van der Waals surface area (Å²) in [6.45, 7) is 6.32. The van der Waals surface area contributed by atoms with E-state index < -0.39 is 11.5 Å². The van der Waals surface area contributed by atoms with Crippen LogP contribution >= 0.6 is 0 Å². The lowest BCUT2D eigenvalue weighted by molar-refractivity contribution is -0.144. The highest BCUT2D eigenvalue weighted by atomic mass is 16.5. The first kappa shape index (κ1) is 15.5. The van der Waals surface area contributed by atoms with Crippen molar-refractivity contribution in [1.82, 2.24) is 9.97 Å². The van der Waals surface area contributed by atoms with E-state index in [-0.39, 0.29) is 0 Å². The standard InChI is InChI=1S/C15H23N3O3/c1-4-21-12-8-11(3)16-14(17-12)18-15(13(19)20)7-5-6-10(2)9-15/h8,10H,4-7,9H2,1-3H3,(H,19,20)(H,16,17,18). The van der Waals surface area contributed by atoms with E-state index in [1.54, 1.807) is 6.07 Å². The van der Waals surface area contributed by atoms with Gasteiger partial charge in [0.05, 0.1) is 6.61 Å². The summed E-state index contributed by atoms with van der Waals surface area (Å²) in [7, 11) is 0. The molecular formula is C15H23N3O3. The molecule has 1 aromatic heterocycles. The Hall–Kier alpha value is -1.85. The second kappa shape index (κ2) is 6.28. The average molecular weight is 293 g/mol. The van der Waals surface area contributed by atoms with Gasteiger partial charge in [-0.05, 0) is 32.6 Å². The number of aryl methyl sites for hydroxylation is 1. The number of carboxylic acid groups (broad SMARTS) is 1. The average Bonchev–Trinajstić information content (AvgIpc) is 2.38. The van der Waals surface area contributed by atoms with E-state index in [9.17, 15) is 9.90 Å². The molecule has 0 spiro atoms. The highest BCUT2D eigenvalue weighted by molar-refractivity contribution is 5.82. The van der Waals surface area contributed by atoms with E-state index in [0.717, 1.165) is 18.5 Å². The molecule has 2 unspecified atom stereocenters. The Balaban J connectivity index is 2.26. The Bertz CT molecular complexity index is 521. The van der Waals surface area contributed by atoms with Gasteiger partial charge in [0.1, 0.15) is 5.54 Å². The second-order valence-electron chi connectivity index (χ2n) is 5.82. The molecule has 1 fully saturated rings. The molecule has 1 aliphatic rings. The summed E-state index contributed by atoms with van der Waals surface area (Å²) in [5.74, 6) is 0.336. The van der Waals surface area contributed by atoms with E-state index >= 15 is 0 Å². The normalized spacial score (nSPS) is 25.4. The number of ether oxygens (including phenoxy) is 1. The van der Waals surface area contributed by atoms with E-state index in [0.29, 0.717) is 37.2 Å². The van der Waals surface area contributed by atoms with Crippen LogP contribution in [0.1, 0.15) is 45.2 Å². The molecule has 0 amide bonds. The van der Waals surface area contributed by atoms with E-state index in [4.69, 9.17) is 4.74 Å². The first-order valence-electron chi connectivity index (χ1n) is 7.45. The minimum atomic E-state index is -0.977. The van der Waals surface area contributed by atoms with Gasteiger partial charge in [-0.2, -0.15) is 4.98 Å². The summed E-state index contributed by atoms with van der Waals surface area (Å²) >= 11 is 0.